The number of hydrogen-bond acceptors (Lipinski definition) is 8. The molecule has 11 heteroatoms. The van der Waals surface area contributed by atoms with Crippen LogP contribution < -0.4 is 15.5 Å². The van der Waals surface area contributed by atoms with Gasteiger partial charge in [-0.2, -0.15) is 10.5 Å². The lowest BCUT2D eigenvalue weighted by atomic mass is 9.91. The van der Waals surface area contributed by atoms with Crippen LogP contribution in [0.5, 0.6) is 0 Å². The number of anilines is 2. The third kappa shape index (κ3) is 9.34. The third-order valence-corrected chi connectivity index (χ3v) is 5.51. The van der Waals surface area contributed by atoms with Crippen LogP contribution in [-0.4, -0.2) is 52.0 Å². The first-order valence-electron chi connectivity index (χ1n) is 12.4. The number of rotatable bonds is 11. The Morgan fingerprint density at radius 1 is 1.16 bits per heavy atom. The van der Waals surface area contributed by atoms with Crippen LogP contribution in [-0.2, 0) is 9.53 Å². The first kappa shape index (κ1) is 30.0. The number of carbonyl (C=O) groups excluding carboxylic acids is 2. The second-order valence-corrected chi connectivity index (χ2v) is 9.96. The van der Waals surface area contributed by atoms with Gasteiger partial charge in [0.05, 0.1) is 23.4 Å². The third-order valence-electron chi connectivity index (χ3n) is 5.51. The van der Waals surface area contributed by atoms with Crippen molar-refractivity contribution in [2.45, 2.75) is 65.0 Å². The van der Waals surface area contributed by atoms with Crippen molar-refractivity contribution in [3.63, 3.8) is 0 Å². The van der Waals surface area contributed by atoms with Gasteiger partial charge in [0.2, 0.25) is 5.95 Å². The van der Waals surface area contributed by atoms with E-state index in [4.69, 9.17) is 4.74 Å². The van der Waals surface area contributed by atoms with Crippen LogP contribution in [0.15, 0.2) is 47.7 Å². The second kappa shape index (κ2) is 13.9. The van der Waals surface area contributed by atoms with Crippen LogP contribution in [0.2, 0.25) is 0 Å². The Labute approximate surface area is 223 Å². The van der Waals surface area contributed by atoms with Gasteiger partial charge in [-0.25, -0.2) is 14.7 Å². The molecule has 0 bridgehead atoms. The van der Waals surface area contributed by atoms with E-state index in [1.54, 1.807) is 47.0 Å². The van der Waals surface area contributed by atoms with Gasteiger partial charge in [-0.3, -0.25) is 15.1 Å². The first-order chi connectivity index (χ1) is 18.0. The van der Waals surface area contributed by atoms with E-state index in [-0.39, 0.29) is 12.5 Å². The number of nitrogens with zero attached hydrogens (tertiary/aromatic N) is 5. The molecule has 2 rings (SSSR count). The molecule has 1 aromatic heterocycles. The highest BCUT2D eigenvalue weighted by atomic mass is 16.6. The molecule has 0 unspecified atom stereocenters. The summed E-state index contributed by atoms with van der Waals surface area (Å²) in [6.07, 6.45) is 4.30. The summed E-state index contributed by atoms with van der Waals surface area (Å²) in [7, 11) is 0. The summed E-state index contributed by atoms with van der Waals surface area (Å²) in [4.78, 5) is 39.1. The van der Waals surface area contributed by atoms with Crippen molar-refractivity contribution in [1.82, 2.24) is 20.6 Å². The van der Waals surface area contributed by atoms with Crippen LogP contribution in [0.25, 0.3) is 0 Å². The standard InChI is InChI=1S/C27H36N8O3/c1-20(34-25(37)38-26(2,3)4)30-14-10-9-13-27(5,33-19-21(17-28)18-29)23(36)35(24-31-15-16-32-24)22-11-7-6-8-12-22/h6-8,11-12,15-16,21,33H,9-10,13-14,19H2,1-5H3,(H,31,32)(H,30,34,37)/t27-/m0/s1. The van der Waals surface area contributed by atoms with Crippen molar-refractivity contribution in [3.05, 3.63) is 42.7 Å². The minimum atomic E-state index is -1.11. The van der Waals surface area contributed by atoms with Crippen LogP contribution in [0, 0.1) is 28.6 Å². The molecule has 202 valence electrons. The number of carbonyl (C=O) groups is 2. The Morgan fingerprint density at radius 3 is 2.42 bits per heavy atom. The summed E-state index contributed by atoms with van der Waals surface area (Å²) in [5.41, 5.74) is -1.08. The molecule has 0 aliphatic heterocycles. The number of benzene rings is 1. The number of amides is 2. The van der Waals surface area contributed by atoms with Gasteiger partial charge in [0.25, 0.3) is 5.91 Å². The predicted octanol–water partition coefficient (Wildman–Crippen LogP) is 4.20. The highest BCUT2D eigenvalue weighted by molar-refractivity contribution is 6.04. The van der Waals surface area contributed by atoms with Crippen molar-refractivity contribution < 1.29 is 14.3 Å². The molecule has 3 N–H and O–H groups in total. The molecule has 0 fully saturated rings. The van der Waals surface area contributed by atoms with Gasteiger partial charge in [-0.1, -0.05) is 18.2 Å². The van der Waals surface area contributed by atoms with Gasteiger partial charge < -0.3 is 15.0 Å². The number of alkyl carbamates (subject to hydrolysis) is 1. The summed E-state index contributed by atoms with van der Waals surface area (Å²) in [6, 6.07) is 13.0. The van der Waals surface area contributed by atoms with E-state index in [0.29, 0.717) is 43.3 Å². The number of nitriles is 2. The number of amidine groups is 1. The molecule has 0 saturated carbocycles. The maximum Gasteiger partial charge on any atom is 0.413 e. The summed E-state index contributed by atoms with van der Waals surface area (Å²) in [6.45, 7) is 9.27. The zero-order valence-corrected chi connectivity index (χ0v) is 22.6. The number of ether oxygens (including phenoxy) is 1. The number of aromatic amines is 1. The summed E-state index contributed by atoms with van der Waals surface area (Å²) in [5.74, 6) is -0.378. The quantitative estimate of drug-likeness (QED) is 0.227. The van der Waals surface area contributed by atoms with Crippen molar-refractivity contribution in [3.8, 4) is 12.1 Å². The molecular weight excluding hydrogens is 484 g/mol. The van der Waals surface area contributed by atoms with Gasteiger partial charge in [0, 0.05) is 25.5 Å². The van der Waals surface area contributed by atoms with Crippen LogP contribution in [0.1, 0.15) is 53.9 Å². The van der Waals surface area contributed by atoms with Gasteiger partial charge in [0.15, 0.2) is 0 Å². The fourth-order valence-electron chi connectivity index (χ4n) is 3.59. The molecule has 0 radical (unpaired) electrons. The highest BCUT2D eigenvalue weighted by Gasteiger charge is 2.38. The molecular formula is C27H36N8O3. The Bertz CT molecular complexity index is 1150. The summed E-state index contributed by atoms with van der Waals surface area (Å²) < 4.78 is 5.23. The summed E-state index contributed by atoms with van der Waals surface area (Å²) in [5, 5.41) is 24.3. The van der Waals surface area contributed by atoms with Crippen molar-refractivity contribution >= 4 is 29.5 Å². The normalized spacial score (nSPS) is 13.2. The molecule has 2 aromatic rings. The minimum absolute atomic E-state index is 0.0348. The zero-order chi connectivity index (χ0) is 28.2. The zero-order valence-electron chi connectivity index (χ0n) is 22.6. The molecule has 0 saturated heterocycles. The first-order valence-corrected chi connectivity index (χ1v) is 12.4. The van der Waals surface area contributed by atoms with E-state index in [1.807, 2.05) is 42.5 Å². The Morgan fingerprint density at radius 2 is 1.84 bits per heavy atom. The molecule has 1 aromatic carbocycles. The highest BCUT2D eigenvalue weighted by Crippen LogP contribution is 2.28. The number of aromatic nitrogens is 2. The molecule has 0 aliphatic rings. The van der Waals surface area contributed by atoms with E-state index >= 15 is 0 Å². The number of nitrogens with one attached hydrogen (secondary N) is 3. The van der Waals surface area contributed by atoms with Gasteiger partial charge in [-0.05, 0) is 66.0 Å². The summed E-state index contributed by atoms with van der Waals surface area (Å²) >= 11 is 0. The maximum atomic E-state index is 14.0. The average molecular weight is 521 g/mol. The Hall–Kier alpha value is -4.22. The Balaban J connectivity index is 2.14. The SMILES string of the molecule is CC(=NCCCC[C@](C)(NCC(C#N)C#N)C(=O)N(c1ccccc1)c1ncc[nH]1)NC(=O)OC(C)(C)C. The lowest BCUT2D eigenvalue weighted by molar-refractivity contribution is -0.124. The lowest BCUT2D eigenvalue weighted by Crippen LogP contribution is -2.56. The minimum Gasteiger partial charge on any atom is -0.444 e. The number of imidazole rings is 1. The number of H-pyrrole nitrogens is 1. The predicted molar refractivity (Wildman–Crippen MR) is 144 cm³/mol. The average Bonchev–Trinajstić information content (AvgIpc) is 3.38. The van der Waals surface area contributed by atoms with E-state index in [1.165, 1.54) is 4.90 Å². The fraction of sp³-hybridized carbons (Fsp3) is 0.481. The second-order valence-electron chi connectivity index (χ2n) is 9.96. The molecule has 1 heterocycles. The van der Waals surface area contributed by atoms with E-state index in [0.717, 1.165) is 0 Å². The number of aliphatic imine (C=N–C) groups is 1. The lowest BCUT2D eigenvalue weighted by Gasteiger charge is -2.34. The van der Waals surface area contributed by atoms with E-state index in [9.17, 15) is 20.1 Å². The van der Waals surface area contributed by atoms with Crippen LogP contribution in [0.3, 0.4) is 0 Å². The molecule has 38 heavy (non-hydrogen) atoms. The number of para-hydroxylation sites is 1. The largest absolute Gasteiger partial charge is 0.444 e. The van der Waals surface area contributed by atoms with E-state index in [2.05, 4.69) is 25.6 Å². The molecule has 2 amide bonds. The van der Waals surface area contributed by atoms with Crippen LogP contribution in [0.4, 0.5) is 16.4 Å². The number of unbranched alkanes of at least 4 members (excludes halogenated alkanes) is 1. The maximum absolute atomic E-state index is 14.0. The van der Waals surface area contributed by atoms with Crippen molar-refractivity contribution in [2.24, 2.45) is 10.9 Å². The molecule has 1 atom stereocenters. The topological polar surface area (TPSA) is 159 Å². The van der Waals surface area contributed by atoms with E-state index < -0.39 is 23.2 Å². The number of hydrogen-bond donors (Lipinski definition) is 3. The Kier molecular flexibility index (Phi) is 11.0. The monoisotopic (exact) mass is 520 g/mol. The van der Waals surface area contributed by atoms with Crippen molar-refractivity contribution in [2.75, 3.05) is 18.0 Å². The van der Waals surface area contributed by atoms with Gasteiger partial charge in [0.1, 0.15) is 17.4 Å². The smallest absolute Gasteiger partial charge is 0.413 e. The van der Waals surface area contributed by atoms with Crippen molar-refractivity contribution in [1.29, 1.82) is 10.5 Å². The molecule has 11 nitrogen and oxygen atoms in total. The molecule has 0 spiro atoms. The van der Waals surface area contributed by atoms with Gasteiger partial charge >= 0.3 is 6.09 Å². The van der Waals surface area contributed by atoms with Crippen LogP contribution >= 0.6 is 0 Å². The molecule has 0 aliphatic carbocycles. The van der Waals surface area contributed by atoms with Gasteiger partial charge in [-0.15, -0.1) is 0 Å². The fourth-order valence-corrected chi connectivity index (χ4v) is 3.59.